The van der Waals surface area contributed by atoms with Gasteiger partial charge in [-0.15, -0.1) is 0 Å². The summed E-state index contributed by atoms with van der Waals surface area (Å²) < 4.78 is 43.8. The molecule has 0 spiro atoms. The molecule has 0 aliphatic heterocycles. The van der Waals surface area contributed by atoms with E-state index in [2.05, 4.69) is 5.32 Å². The molecule has 2 atom stereocenters. The SMILES string of the molecule is COC(=O)C1(Nc2ccccc2)CCCC(C(F)(F)F)C1. The largest absolute Gasteiger partial charge is 0.467 e. The van der Waals surface area contributed by atoms with Crippen molar-refractivity contribution in [1.29, 1.82) is 0 Å². The minimum atomic E-state index is -4.29. The molecule has 2 rings (SSSR count). The maximum atomic E-state index is 13.0. The predicted molar refractivity (Wildman–Crippen MR) is 72.8 cm³/mol. The van der Waals surface area contributed by atoms with Gasteiger partial charge in [0, 0.05) is 5.69 Å². The Kier molecular flexibility index (Phi) is 4.44. The fraction of sp³-hybridized carbons (Fsp3) is 0.533. The number of methoxy groups -OCH3 is 1. The van der Waals surface area contributed by atoms with Crippen molar-refractivity contribution < 1.29 is 22.7 Å². The minimum Gasteiger partial charge on any atom is -0.467 e. The number of alkyl halides is 3. The van der Waals surface area contributed by atoms with Crippen LogP contribution in [0.2, 0.25) is 0 Å². The number of rotatable bonds is 3. The lowest BCUT2D eigenvalue weighted by atomic mass is 9.75. The molecule has 1 N–H and O–H groups in total. The maximum Gasteiger partial charge on any atom is 0.391 e. The number of carbonyl (C=O) groups excluding carboxylic acids is 1. The van der Waals surface area contributed by atoms with Gasteiger partial charge in [0.15, 0.2) is 0 Å². The normalized spacial score (nSPS) is 26.2. The van der Waals surface area contributed by atoms with Crippen molar-refractivity contribution in [3.63, 3.8) is 0 Å². The van der Waals surface area contributed by atoms with Crippen molar-refractivity contribution >= 4 is 11.7 Å². The van der Waals surface area contributed by atoms with Crippen molar-refractivity contribution in [2.75, 3.05) is 12.4 Å². The van der Waals surface area contributed by atoms with Crippen LogP contribution in [0, 0.1) is 5.92 Å². The first-order valence-electron chi connectivity index (χ1n) is 6.86. The fourth-order valence-electron chi connectivity index (χ4n) is 2.90. The van der Waals surface area contributed by atoms with Gasteiger partial charge in [0.1, 0.15) is 5.54 Å². The zero-order valence-corrected chi connectivity index (χ0v) is 11.7. The molecule has 0 heterocycles. The molecule has 2 unspecified atom stereocenters. The molecule has 1 aliphatic carbocycles. The molecular formula is C15H18F3NO2. The van der Waals surface area contributed by atoms with E-state index in [9.17, 15) is 18.0 Å². The van der Waals surface area contributed by atoms with Crippen LogP contribution in [0.3, 0.4) is 0 Å². The number of para-hydroxylation sites is 1. The summed E-state index contributed by atoms with van der Waals surface area (Å²) >= 11 is 0. The first-order valence-corrected chi connectivity index (χ1v) is 6.86. The third kappa shape index (κ3) is 3.49. The summed E-state index contributed by atoms with van der Waals surface area (Å²) in [4.78, 5) is 12.1. The van der Waals surface area contributed by atoms with E-state index in [0.717, 1.165) is 0 Å². The van der Waals surface area contributed by atoms with Gasteiger partial charge in [-0.1, -0.05) is 18.2 Å². The highest BCUT2D eigenvalue weighted by atomic mass is 19.4. The highest BCUT2D eigenvalue weighted by Crippen LogP contribution is 2.43. The van der Waals surface area contributed by atoms with E-state index < -0.39 is 23.6 Å². The van der Waals surface area contributed by atoms with Crippen LogP contribution < -0.4 is 5.32 Å². The molecule has 1 fully saturated rings. The van der Waals surface area contributed by atoms with Crippen LogP contribution >= 0.6 is 0 Å². The van der Waals surface area contributed by atoms with Gasteiger partial charge in [-0.05, 0) is 37.8 Å². The van der Waals surface area contributed by atoms with Gasteiger partial charge in [-0.2, -0.15) is 13.2 Å². The maximum absolute atomic E-state index is 13.0. The lowest BCUT2D eigenvalue weighted by Gasteiger charge is -2.40. The second-order valence-corrected chi connectivity index (χ2v) is 5.40. The second kappa shape index (κ2) is 5.95. The molecule has 6 heteroatoms. The molecule has 0 aromatic heterocycles. The molecule has 1 saturated carbocycles. The summed E-state index contributed by atoms with van der Waals surface area (Å²) in [6.07, 6.45) is -3.87. The Morgan fingerprint density at radius 2 is 2.00 bits per heavy atom. The Morgan fingerprint density at radius 3 is 2.57 bits per heavy atom. The molecule has 116 valence electrons. The minimum absolute atomic E-state index is 0.0543. The van der Waals surface area contributed by atoms with Crippen molar-refractivity contribution in [2.45, 2.75) is 37.4 Å². The topological polar surface area (TPSA) is 38.3 Å². The predicted octanol–water partition coefficient (Wildman–Crippen LogP) is 3.76. The van der Waals surface area contributed by atoms with E-state index in [4.69, 9.17) is 4.74 Å². The van der Waals surface area contributed by atoms with Crippen LogP contribution in [0.1, 0.15) is 25.7 Å². The van der Waals surface area contributed by atoms with Crippen molar-refractivity contribution in [1.82, 2.24) is 0 Å². The third-order valence-electron chi connectivity index (χ3n) is 3.95. The Morgan fingerprint density at radius 1 is 1.33 bits per heavy atom. The van der Waals surface area contributed by atoms with Crippen LogP contribution in [0.5, 0.6) is 0 Å². The average molecular weight is 301 g/mol. The molecule has 21 heavy (non-hydrogen) atoms. The van der Waals surface area contributed by atoms with Gasteiger partial charge in [0.05, 0.1) is 13.0 Å². The Hall–Kier alpha value is -1.72. The zero-order chi connectivity index (χ0) is 15.5. The Bertz CT molecular complexity index is 489. The van der Waals surface area contributed by atoms with E-state index in [1.165, 1.54) is 7.11 Å². The number of esters is 1. The van der Waals surface area contributed by atoms with Crippen LogP contribution in [0.25, 0.3) is 0 Å². The van der Waals surface area contributed by atoms with Crippen LogP contribution in [0.15, 0.2) is 30.3 Å². The number of ether oxygens (including phenoxy) is 1. The molecule has 3 nitrogen and oxygen atoms in total. The van der Waals surface area contributed by atoms with Crippen LogP contribution in [0.4, 0.5) is 18.9 Å². The third-order valence-corrected chi connectivity index (χ3v) is 3.95. The lowest BCUT2D eigenvalue weighted by molar-refractivity contribution is -0.189. The van der Waals surface area contributed by atoms with E-state index >= 15 is 0 Å². The van der Waals surface area contributed by atoms with Gasteiger partial charge >= 0.3 is 12.1 Å². The number of hydrogen-bond donors (Lipinski definition) is 1. The molecule has 1 aliphatic rings. The number of nitrogens with one attached hydrogen (secondary N) is 1. The molecular weight excluding hydrogens is 283 g/mol. The van der Waals surface area contributed by atoms with E-state index in [1.54, 1.807) is 30.3 Å². The van der Waals surface area contributed by atoms with E-state index in [1.807, 2.05) is 0 Å². The van der Waals surface area contributed by atoms with Crippen molar-refractivity contribution in [3.8, 4) is 0 Å². The number of halogens is 3. The van der Waals surface area contributed by atoms with Gasteiger partial charge in [-0.25, -0.2) is 4.79 Å². The van der Waals surface area contributed by atoms with Crippen molar-refractivity contribution in [2.24, 2.45) is 5.92 Å². The monoisotopic (exact) mass is 301 g/mol. The quantitative estimate of drug-likeness (QED) is 0.864. The van der Waals surface area contributed by atoms with E-state index in [-0.39, 0.29) is 12.8 Å². The molecule has 1 aromatic rings. The highest BCUT2D eigenvalue weighted by Gasteiger charge is 2.51. The lowest BCUT2D eigenvalue weighted by Crippen LogP contribution is -2.52. The zero-order valence-electron chi connectivity index (χ0n) is 11.7. The van der Waals surface area contributed by atoms with Crippen LogP contribution in [-0.2, 0) is 9.53 Å². The number of carbonyl (C=O) groups is 1. The Balaban J connectivity index is 2.27. The summed E-state index contributed by atoms with van der Waals surface area (Å²) in [6, 6.07) is 8.77. The van der Waals surface area contributed by atoms with Gasteiger partial charge < -0.3 is 10.1 Å². The summed E-state index contributed by atoms with van der Waals surface area (Å²) in [5, 5.41) is 2.97. The first kappa shape index (κ1) is 15.7. The summed E-state index contributed by atoms with van der Waals surface area (Å²) in [5.74, 6) is -2.12. The van der Waals surface area contributed by atoms with Gasteiger partial charge in [0.2, 0.25) is 0 Å². The summed E-state index contributed by atoms with van der Waals surface area (Å²) in [7, 11) is 1.20. The first-order chi connectivity index (χ1) is 9.87. The number of hydrogen-bond acceptors (Lipinski definition) is 3. The summed E-state index contributed by atoms with van der Waals surface area (Å²) in [6.45, 7) is 0. The molecule has 0 amide bonds. The second-order valence-electron chi connectivity index (χ2n) is 5.40. The highest BCUT2D eigenvalue weighted by molar-refractivity contribution is 5.84. The average Bonchev–Trinajstić information content (AvgIpc) is 2.46. The van der Waals surface area contributed by atoms with E-state index in [0.29, 0.717) is 18.5 Å². The van der Waals surface area contributed by atoms with Gasteiger partial charge in [0.25, 0.3) is 0 Å². The smallest absolute Gasteiger partial charge is 0.391 e. The molecule has 0 bridgehead atoms. The molecule has 1 aromatic carbocycles. The Labute approximate surface area is 121 Å². The standard InChI is InChI=1S/C15H18F3NO2/c1-21-13(20)14(19-12-7-3-2-4-8-12)9-5-6-11(10-14)15(16,17)18/h2-4,7-8,11,19H,5-6,9-10H2,1H3. The summed E-state index contributed by atoms with van der Waals surface area (Å²) in [5.41, 5.74) is -0.695. The van der Waals surface area contributed by atoms with Crippen LogP contribution in [-0.4, -0.2) is 24.8 Å². The number of anilines is 1. The van der Waals surface area contributed by atoms with Crippen molar-refractivity contribution in [3.05, 3.63) is 30.3 Å². The molecule has 0 saturated heterocycles. The number of benzene rings is 1. The molecule has 0 radical (unpaired) electrons. The van der Waals surface area contributed by atoms with Gasteiger partial charge in [-0.3, -0.25) is 0 Å². The fourth-order valence-corrected chi connectivity index (χ4v) is 2.90.